The van der Waals surface area contributed by atoms with Gasteiger partial charge < -0.3 is 30.0 Å². The predicted molar refractivity (Wildman–Crippen MR) is 178 cm³/mol. The van der Waals surface area contributed by atoms with Crippen LogP contribution >= 0.6 is 0 Å². The summed E-state index contributed by atoms with van der Waals surface area (Å²) in [6, 6.07) is 3.22. The Balaban J connectivity index is 0.000000460. The Kier molecular flexibility index (Phi) is 16.1. The fourth-order valence-corrected chi connectivity index (χ4v) is 4.15. The minimum Gasteiger partial charge on any atom is -0.465 e. The summed E-state index contributed by atoms with van der Waals surface area (Å²) in [5, 5.41) is 17.5. The number of aromatic nitrogens is 2. The van der Waals surface area contributed by atoms with Gasteiger partial charge in [-0.05, 0) is 78.4 Å². The largest absolute Gasteiger partial charge is 0.465 e. The summed E-state index contributed by atoms with van der Waals surface area (Å²) in [6.07, 6.45) is 4.51. The number of hydrogen-bond acceptors (Lipinski definition) is 9. The highest BCUT2D eigenvalue weighted by molar-refractivity contribution is 5.92. The van der Waals surface area contributed by atoms with Crippen LogP contribution in [0, 0.1) is 0 Å². The van der Waals surface area contributed by atoms with Gasteiger partial charge in [0.1, 0.15) is 17.2 Å². The molecule has 0 aromatic carbocycles. The van der Waals surface area contributed by atoms with Crippen molar-refractivity contribution < 1.29 is 38.5 Å². The lowest BCUT2D eigenvalue weighted by molar-refractivity contribution is -0.115. The van der Waals surface area contributed by atoms with E-state index in [4.69, 9.17) is 14.2 Å². The van der Waals surface area contributed by atoms with E-state index in [1.54, 1.807) is 59.5 Å². The molecule has 46 heavy (non-hydrogen) atoms. The topological polar surface area (TPSA) is 181 Å². The summed E-state index contributed by atoms with van der Waals surface area (Å²) in [5.74, 6) is 0.221. The maximum Gasteiger partial charge on any atom is 0.412 e. The van der Waals surface area contributed by atoms with Crippen molar-refractivity contribution in [3.63, 3.8) is 0 Å². The molecule has 0 saturated carbocycles. The van der Waals surface area contributed by atoms with Crippen LogP contribution in [-0.2, 0) is 36.6 Å². The number of aryl methyl sites for hydroxylation is 2. The summed E-state index contributed by atoms with van der Waals surface area (Å²) in [7, 11) is 3.26. The fraction of sp³-hybridized carbons (Fsp3) is 0.562. The lowest BCUT2D eigenvalue weighted by atomic mass is 10.0. The second-order valence-corrected chi connectivity index (χ2v) is 12.4. The molecule has 0 unspecified atom stereocenters. The number of amides is 4. The van der Waals surface area contributed by atoms with Gasteiger partial charge in [-0.2, -0.15) is 0 Å². The van der Waals surface area contributed by atoms with Gasteiger partial charge in [0.15, 0.2) is 0 Å². The Morgan fingerprint density at radius 3 is 1.70 bits per heavy atom. The molecule has 256 valence electrons. The summed E-state index contributed by atoms with van der Waals surface area (Å²) >= 11 is 0. The van der Waals surface area contributed by atoms with Gasteiger partial charge in [-0.1, -0.05) is 0 Å². The maximum absolute atomic E-state index is 12.0. The highest BCUT2D eigenvalue weighted by Crippen LogP contribution is 2.30. The second kappa shape index (κ2) is 18.6. The van der Waals surface area contributed by atoms with E-state index in [9.17, 15) is 24.3 Å². The van der Waals surface area contributed by atoms with Gasteiger partial charge in [-0.25, -0.2) is 19.6 Å². The first-order valence-corrected chi connectivity index (χ1v) is 14.9. The SMILES string of the molecule is COCCCc1cnc(NC(C)=O)cc1N(C(=O)O)C(C)(C)C.COCCCc1cnc(NC(C)=O)cc1NC(=O)OC(C)(C)C. The normalized spacial score (nSPS) is 11.1. The Morgan fingerprint density at radius 1 is 0.783 bits per heavy atom. The number of carboxylic acid groups (broad SMARTS) is 1. The van der Waals surface area contributed by atoms with Gasteiger partial charge in [0.25, 0.3) is 0 Å². The maximum atomic E-state index is 12.0. The first-order chi connectivity index (χ1) is 21.4. The van der Waals surface area contributed by atoms with Crippen LogP contribution in [-0.4, -0.2) is 77.6 Å². The van der Waals surface area contributed by atoms with Crippen molar-refractivity contribution in [2.75, 3.05) is 48.3 Å². The van der Waals surface area contributed by atoms with Crippen LogP contribution in [0.25, 0.3) is 0 Å². The first-order valence-electron chi connectivity index (χ1n) is 14.9. The molecule has 2 heterocycles. The van der Waals surface area contributed by atoms with E-state index in [0.717, 1.165) is 24.0 Å². The number of carbonyl (C=O) groups is 4. The van der Waals surface area contributed by atoms with E-state index in [0.29, 0.717) is 49.1 Å². The molecule has 0 bridgehead atoms. The molecule has 0 aliphatic rings. The molecule has 0 radical (unpaired) electrons. The van der Waals surface area contributed by atoms with E-state index in [1.165, 1.54) is 18.7 Å². The molecule has 0 aliphatic heterocycles. The standard InChI is InChI=1S/2C16H25N3O4/c1-11(20)18-14-9-13(19-15(21)23-16(2,3)4)12(10-17-14)7-6-8-22-5;1-11(20)18-14-9-13(19(15(21)22)16(2,3)4)12(10-17-14)7-6-8-23-5/h9-10H,6-8H2,1-5H3,(H2,17,18,19,20,21);9-10H,6-8H2,1-5H3,(H,21,22)(H,17,18,20). The number of nitrogens with zero attached hydrogens (tertiary/aromatic N) is 3. The Bertz CT molecular complexity index is 1320. The van der Waals surface area contributed by atoms with E-state index >= 15 is 0 Å². The number of carbonyl (C=O) groups excluding carboxylic acids is 3. The van der Waals surface area contributed by atoms with Crippen LogP contribution in [0.2, 0.25) is 0 Å². The average molecular weight is 647 g/mol. The van der Waals surface area contributed by atoms with Gasteiger partial charge in [0.2, 0.25) is 11.8 Å². The van der Waals surface area contributed by atoms with Crippen molar-refractivity contribution in [2.45, 2.75) is 92.2 Å². The third kappa shape index (κ3) is 15.1. The van der Waals surface area contributed by atoms with Gasteiger partial charge in [0, 0.05) is 71.3 Å². The summed E-state index contributed by atoms with van der Waals surface area (Å²) in [5.41, 5.74) is 1.52. The zero-order valence-corrected chi connectivity index (χ0v) is 28.7. The highest BCUT2D eigenvalue weighted by atomic mass is 16.6. The van der Waals surface area contributed by atoms with Crippen LogP contribution in [0.15, 0.2) is 24.5 Å². The van der Waals surface area contributed by atoms with Crippen molar-refractivity contribution >= 4 is 47.0 Å². The number of nitrogens with one attached hydrogen (secondary N) is 3. The minimum atomic E-state index is -1.05. The van der Waals surface area contributed by atoms with Crippen molar-refractivity contribution in [2.24, 2.45) is 0 Å². The van der Waals surface area contributed by atoms with Crippen LogP contribution < -0.4 is 20.9 Å². The van der Waals surface area contributed by atoms with Crippen LogP contribution in [0.4, 0.5) is 32.6 Å². The lowest BCUT2D eigenvalue weighted by Gasteiger charge is -2.34. The average Bonchev–Trinajstić information content (AvgIpc) is 2.89. The van der Waals surface area contributed by atoms with Gasteiger partial charge >= 0.3 is 12.2 Å². The van der Waals surface area contributed by atoms with Gasteiger partial charge in [-0.15, -0.1) is 0 Å². The molecule has 0 aliphatic carbocycles. The molecule has 2 aromatic rings. The predicted octanol–water partition coefficient (Wildman–Crippen LogP) is 5.87. The number of ether oxygens (including phenoxy) is 3. The molecule has 0 spiro atoms. The summed E-state index contributed by atoms with van der Waals surface area (Å²) in [6.45, 7) is 14.8. The highest BCUT2D eigenvalue weighted by Gasteiger charge is 2.30. The van der Waals surface area contributed by atoms with Crippen molar-refractivity contribution in [3.8, 4) is 0 Å². The molecule has 2 rings (SSSR count). The molecule has 14 nitrogen and oxygen atoms in total. The molecular weight excluding hydrogens is 596 g/mol. The summed E-state index contributed by atoms with van der Waals surface area (Å²) < 4.78 is 15.3. The van der Waals surface area contributed by atoms with Crippen LogP contribution in [0.3, 0.4) is 0 Å². The van der Waals surface area contributed by atoms with E-state index in [2.05, 4.69) is 25.9 Å². The molecule has 2 aromatic heterocycles. The number of anilines is 4. The molecule has 0 fully saturated rings. The smallest absolute Gasteiger partial charge is 0.412 e. The Morgan fingerprint density at radius 2 is 1.26 bits per heavy atom. The molecular formula is C32H50N6O8. The number of hydrogen-bond donors (Lipinski definition) is 4. The number of rotatable bonds is 12. The van der Waals surface area contributed by atoms with E-state index < -0.39 is 23.3 Å². The monoisotopic (exact) mass is 646 g/mol. The molecule has 0 saturated heterocycles. The zero-order valence-electron chi connectivity index (χ0n) is 28.7. The zero-order chi connectivity index (χ0) is 35.1. The number of methoxy groups -OCH3 is 2. The van der Waals surface area contributed by atoms with Crippen molar-refractivity contribution in [1.29, 1.82) is 0 Å². The van der Waals surface area contributed by atoms with Gasteiger partial charge in [0.05, 0.1) is 11.4 Å². The van der Waals surface area contributed by atoms with Crippen LogP contribution in [0.1, 0.15) is 79.4 Å². The first kappa shape index (κ1) is 39.7. The molecule has 4 amide bonds. The second-order valence-electron chi connectivity index (χ2n) is 12.4. The lowest BCUT2D eigenvalue weighted by Crippen LogP contribution is -2.45. The third-order valence-electron chi connectivity index (χ3n) is 5.88. The van der Waals surface area contributed by atoms with E-state index in [1.807, 2.05) is 20.8 Å². The molecule has 4 N–H and O–H groups in total. The quantitative estimate of drug-likeness (QED) is 0.204. The number of pyridine rings is 2. The van der Waals surface area contributed by atoms with E-state index in [-0.39, 0.29) is 11.8 Å². The molecule has 0 atom stereocenters. The summed E-state index contributed by atoms with van der Waals surface area (Å²) in [4.78, 5) is 55.8. The molecule has 14 heteroatoms. The van der Waals surface area contributed by atoms with Crippen molar-refractivity contribution in [3.05, 3.63) is 35.7 Å². The van der Waals surface area contributed by atoms with Crippen molar-refractivity contribution in [1.82, 2.24) is 9.97 Å². The Labute approximate surface area is 271 Å². The minimum absolute atomic E-state index is 0.229. The van der Waals surface area contributed by atoms with Crippen LogP contribution in [0.5, 0.6) is 0 Å². The fourth-order valence-electron chi connectivity index (χ4n) is 4.15. The third-order valence-corrected chi connectivity index (χ3v) is 5.88. The Hall–Kier alpha value is -4.30. The van der Waals surface area contributed by atoms with Gasteiger partial charge in [-0.3, -0.25) is 19.8 Å².